The van der Waals surface area contributed by atoms with Crippen LogP contribution in [0.15, 0.2) is 24.3 Å². The normalized spacial score (nSPS) is 15.3. The van der Waals surface area contributed by atoms with E-state index < -0.39 is 5.41 Å². The van der Waals surface area contributed by atoms with Gasteiger partial charge in [0.25, 0.3) is 0 Å². The van der Waals surface area contributed by atoms with E-state index in [2.05, 4.69) is 5.32 Å². The van der Waals surface area contributed by atoms with Gasteiger partial charge in [0, 0.05) is 18.8 Å². The Hall–Kier alpha value is -2.08. The number of ether oxygens (including phenoxy) is 2. The molecule has 6 heteroatoms. The Morgan fingerprint density at radius 2 is 1.77 bits per heavy atom. The lowest BCUT2D eigenvalue weighted by molar-refractivity contribution is -0.149. The maximum Gasteiger partial charge on any atom is 0.239 e. The van der Waals surface area contributed by atoms with E-state index >= 15 is 0 Å². The number of rotatable bonds is 4. The van der Waals surface area contributed by atoms with Crippen LogP contribution in [0.4, 0.5) is 5.69 Å². The summed E-state index contributed by atoms with van der Waals surface area (Å²) in [5.74, 6) is 0.206. The molecule has 1 aliphatic rings. The van der Waals surface area contributed by atoms with Crippen LogP contribution in [0.5, 0.6) is 5.75 Å². The molecular formula is C16H22N2O4. The largest absolute Gasteiger partial charge is 0.497 e. The highest BCUT2D eigenvalue weighted by Crippen LogP contribution is 2.23. The van der Waals surface area contributed by atoms with Gasteiger partial charge >= 0.3 is 0 Å². The van der Waals surface area contributed by atoms with Gasteiger partial charge in [-0.05, 0) is 38.1 Å². The monoisotopic (exact) mass is 306 g/mol. The number of methoxy groups -OCH3 is 1. The minimum Gasteiger partial charge on any atom is -0.497 e. The van der Waals surface area contributed by atoms with Gasteiger partial charge in [0.1, 0.15) is 11.2 Å². The van der Waals surface area contributed by atoms with E-state index in [0.717, 1.165) is 0 Å². The molecule has 0 aromatic heterocycles. The van der Waals surface area contributed by atoms with Crippen molar-refractivity contribution >= 4 is 17.5 Å². The molecule has 120 valence electrons. The predicted octanol–water partition coefficient (Wildman–Crippen LogP) is 1.52. The molecule has 1 heterocycles. The number of hydrogen-bond acceptors (Lipinski definition) is 4. The van der Waals surface area contributed by atoms with Crippen molar-refractivity contribution in [2.24, 2.45) is 5.41 Å². The Labute approximate surface area is 130 Å². The maximum absolute atomic E-state index is 12.5. The molecule has 1 aliphatic heterocycles. The molecule has 0 bridgehead atoms. The Bertz CT molecular complexity index is 534. The molecular weight excluding hydrogens is 284 g/mol. The zero-order valence-corrected chi connectivity index (χ0v) is 13.2. The molecule has 2 amide bonds. The van der Waals surface area contributed by atoms with Crippen LogP contribution in [-0.2, 0) is 14.3 Å². The van der Waals surface area contributed by atoms with E-state index in [0.29, 0.717) is 37.7 Å². The smallest absolute Gasteiger partial charge is 0.239 e. The van der Waals surface area contributed by atoms with E-state index in [1.54, 1.807) is 50.1 Å². The van der Waals surface area contributed by atoms with Crippen LogP contribution in [0.2, 0.25) is 0 Å². The number of morpholine rings is 1. The average molecular weight is 306 g/mol. The first-order valence-electron chi connectivity index (χ1n) is 7.28. The molecule has 0 saturated carbocycles. The number of anilines is 1. The van der Waals surface area contributed by atoms with Crippen LogP contribution < -0.4 is 10.1 Å². The van der Waals surface area contributed by atoms with Crippen LogP contribution in [0, 0.1) is 5.41 Å². The van der Waals surface area contributed by atoms with Crippen molar-refractivity contribution in [2.45, 2.75) is 13.8 Å². The zero-order valence-electron chi connectivity index (χ0n) is 13.2. The molecule has 1 saturated heterocycles. The van der Waals surface area contributed by atoms with Crippen LogP contribution >= 0.6 is 0 Å². The second-order valence-corrected chi connectivity index (χ2v) is 5.71. The molecule has 0 aliphatic carbocycles. The number of amides is 2. The van der Waals surface area contributed by atoms with Gasteiger partial charge in [-0.1, -0.05) is 0 Å². The lowest BCUT2D eigenvalue weighted by Gasteiger charge is -2.33. The molecule has 1 aromatic carbocycles. The van der Waals surface area contributed by atoms with Crippen molar-refractivity contribution in [3.63, 3.8) is 0 Å². The Morgan fingerprint density at radius 3 is 2.32 bits per heavy atom. The molecule has 1 N–H and O–H groups in total. The quantitative estimate of drug-likeness (QED) is 0.856. The first-order chi connectivity index (χ1) is 10.4. The summed E-state index contributed by atoms with van der Waals surface area (Å²) >= 11 is 0. The SMILES string of the molecule is COc1ccc(NC(=O)C(C)(C)C(=O)N2CCOCC2)cc1. The average Bonchev–Trinajstić information content (AvgIpc) is 2.55. The number of carbonyl (C=O) groups excluding carboxylic acids is 2. The van der Waals surface area contributed by atoms with Gasteiger partial charge in [0.05, 0.1) is 20.3 Å². The molecule has 2 rings (SSSR count). The molecule has 0 atom stereocenters. The minimum atomic E-state index is -1.13. The number of benzene rings is 1. The van der Waals surface area contributed by atoms with Crippen LogP contribution in [0.1, 0.15) is 13.8 Å². The first kappa shape index (κ1) is 16.3. The summed E-state index contributed by atoms with van der Waals surface area (Å²) in [6, 6.07) is 7.00. The first-order valence-corrected chi connectivity index (χ1v) is 7.28. The highest BCUT2D eigenvalue weighted by molar-refractivity contribution is 6.09. The fourth-order valence-corrected chi connectivity index (χ4v) is 2.22. The fraction of sp³-hybridized carbons (Fsp3) is 0.500. The van der Waals surface area contributed by atoms with Crippen molar-refractivity contribution in [3.8, 4) is 5.75 Å². The second-order valence-electron chi connectivity index (χ2n) is 5.71. The highest BCUT2D eigenvalue weighted by atomic mass is 16.5. The Morgan fingerprint density at radius 1 is 1.18 bits per heavy atom. The van der Waals surface area contributed by atoms with Crippen LogP contribution in [0.25, 0.3) is 0 Å². The van der Waals surface area contributed by atoms with Gasteiger partial charge < -0.3 is 19.7 Å². The van der Waals surface area contributed by atoms with Gasteiger partial charge in [-0.15, -0.1) is 0 Å². The standard InChI is InChI=1S/C16H22N2O4/c1-16(2,15(20)18-8-10-22-11-9-18)14(19)17-12-4-6-13(21-3)7-5-12/h4-7H,8-11H2,1-3H3,(H,17,19). The fourth-order valence-electron chi connectivity index (χ4n) is 2.22. The van der Waals surface area contributed by atoms with E-state index in [4.69, 9.17) is 9.47 Å². The summed E-state index contributed by atoms with van der Waals surface area (Å²) in [6.45, 7) is 5.37. The molecule has 0 unspecified atom stereocenters. The highest BCUT2D eigenvalue weighted by Gasteiger charge is 2.39. The minimum absolute atomic E-state index is 0.179. The second kappa shape index (κ2) is 6.79. The van der Waals surface area contributed by atoms with Crippen molar-refractivity contribution in [3.05, 3.63) is 24.3 Å². The molecule has 0 spiro atoms. The topological polar surface area (TPSA) is 67.9 Å². The van der Waals surface area contributed by atoms with Crippen LogP contribution in [0.3, 0.4) is 0 Å². The number of carbonyl (C=O) groups is 2. The van der Waals surface area contributed by atoms with E-state index in [9.17, 15) is 9.59 Å². The van der Waals surface area contributed by atoms with Gasteiger partial charge in [0.15, 0.2) is 0 Å². The van der Waals surface area contributed by atoms with Gasteiger partial charge in [-0.3, -0.25) is 9.59 Å². The van der Waals surface area contributed by atoms with Crippen LogP contribution in [-0.4, -0.2) is 50.1 Å². The van der Waals surface area contributed by atoms with E-state index in [-0.39, 0.29) is 11.8 Å². The molecule has 6 nitrogen and oxygen atoms in total. The van der Waals surface area contributed by atoms with E-state index in [1.807, 2.05) is 0 Å². The summed E-state index contributed by atoms with van der Waals surface area (Å²) in [5.41, 5.74) is -0.495. The summed E-state index contributed by atoms with van der Waals surface area (Å²) in [7, 11) is 1.58. The maximum atomic E-state index is 12.5. The van der Waals surface area contributed by atoms with Gasteiger partial charge in [-0.25, -0.2) is 0 Å². The molecule has 22 heavy (non-hydrogen) atoms. The van der Waals surface area contributed by atoms with Crippen molar-refractivity contribution in [2.75, 3.05) is 38.7 Å². The number of nitrogens with zero attached hydrogens (tertiary/aromatic N) is 1. The van der Waals surface area contributed by atoms with Crippen molar-refractivity contribution in [1.82, 2.24) is 4.90 Å². The lowest BCUT2D eigenvalue weighted by atomic mass is 9.90. The van der Waals surface area contributed by atoms with E-state index in [1.165, 1.54) is 0 Å². The number of hydrogen-bond donors (Lipinski definition) is 1. The Balaban J connectivity index is 2.03. The predicted molar refractivity (Wildman–Crippen MR) is 82.8 cm³/mol. The Kier molecular flexibility index (Phi) is 5.03. The zero-order chi connectivity index (χ0) is 16.2. The summed E-state index contributed by atoms with van der Waals surface area (Å²) in [4.78, 5) is 26.7. The third-order valence-corrected chi connectivity index (χ3v) is 3.75. The van der Waals surface area contributed by atoms with Crippen molar-refractivity contribution in [1.29, 1.82) is 0 Å². The third kappa shape index (κ3) is 3.57. The van der Waals surface area contributed by atoms with Crippen molar-refractivity contribution < 1.29 is 19.1 Å². The molecule has 1 fully saturated rings. The number of nitrogens with one attached hydrogen (secondary N) is 1. The summed E-state index contributed by atoms with van der Waals surface area (Å²) in [5, 5.41) is 2.78. The lowest BCUT2D eigenvalue weighted by Crippen LogP contribution is -2.51. The van der Waals surface area contributed by atoms with Gasteiger partial charge in [0.2, 0.25) is 11.8 Å². The van der Waals surface area contributed by atoms with Gasteiger partial charge in [-0.2, -0.15) is 0 Å². The molecule has 0 radical (unpaired) electrons. The molecule has 1 aromatic rings. The summed E-state index contributed by atoms with van der Waals surface area (Å²) < 4.78 is 10.3. The third-order valence-electron chi connectivity index (χ3n) is 3.75. The summed E-state index contributed by atoms with van der Waals surface area (Å²) in [6.07, 6.45) is 0.